The fourth-order valence-corrected chi connectivity index (χ4v) is 3.38. The minimum absolute atomic E-state index is 0.179. The van der Waals surface area contributed by atoms with E-state index in [4.69, 9.17) is 5.26 Å². The number of rotatable bonds is 5. The zero-order valence-corrected chi connectivity index (χ0v) is 14.1. The van der Waals surface area contributed by atoms with Gasteiger partial charge in [-0.05, 0) is 42.9 Å². The predicted octanol–water partition coefficient (Wildman–Crippen LogP) is 0.972. The van der Waals surface area contributed by atoms with Gasteiger partial charge in [-0.25, -0.2) is 4.79 Å². The number of aryl methyl sites for hydroxylation is 2. The normalized spacial score (nSPS) is 21.7. The smallest absolute Gasteiger partial charge is 0.325 e. The first kappa shape index (κ1) is 17.0. The largest absolute Gasteiger partial charge is 0.354 e. The number of carbonyl (C=O) groups excluding carboxylic acids is 3. The van der Waals surface area contributed by atoms with Gasteiger partial charge in [0.1, 0.15) is 12.1 Å². The van der Waals surface area contributed by atoms with Crippen LogP contribution in [-0.4, -0.2) is 35.8 Å². The second-order valence-corrected chi connectivity index (χ2v) is 6.54. The molecular weight excluding hydrogens is 320 g/mol. The first-order valence-electron chi connectivity index (χ1n) is 8.36. The van der Waals surface area contributed by atoms with Crippen molar-refractivity contribution in [1.29, 1.82) is 5.26 Å². The van der Waals surface area contributed by atoms with Gasteiger partial charge in [-0.3, -0.25) is 14.5 Å². The molecule has 3 rings (SSSR count). The zero-order chi connectivity index (χ0) is 18.0. The molecule has 2 N–H and O–H groups in total. The van der Waals surface area contributed by atoms with Crippen LogP contribution in [0.4, 0.5) is 4.79 Å². The summed E-state index contributed by atoms with van der Waals surface area (Å²) in [6.07, 6.45) is 3.30. The van der Waals surface area contributed by atoms with Gasteiger partial charge >= 0.3 is 6.03 Å². The number of amides is 4. The topological polar surface area (TPSA) is 102 Å². The van der Waals surface area contributed by atoms with E-state index in [1.807, 2.05) is 24.3 Å². The van der Waals surface area contributed by atoms with Gasteiger partial charge < -0.3 is 10.6 Å². The van der Waals surface area contributed by atoms with Crippen LogP contribution in [0.15, 0.2) is 18.2 Å². The molecule has 0 spiro atoms. The van der Waals surface area contributed by atoms with Gasteiger partial charge in [0.05, 0.1) is 12.5 Å². The fraction of sp³-hybridized carbons (Fsp3) is 0.444. The van der Waals surface area contributed by atoms with Crippen LogP contribution in [0.3, 0.4) is 0 Å². The summed E-state index contributed by atoms with van der Waals surface area (Å²) >= 11 is 0. The Hall–Kier alpha value is -2.88. The van der Waals surface area contributed by atoms with Crippen molar-refractivity contribution >= 4 is 17.8 Å². The Kier molecular flexibility index (Phi) is 4.45. The summed E-state index contributed by atoms with van der Waals surface area (Å²) in [4.78, 5) is 37.8. The molecule has 1 heterocycles. The molecule has 1 saturated heterocycles. The molecule has 2 aliphatic rings. The Balaban J connectivity index is 1.76. The molecule has 1 atom stereocenters. The molecule has 1 aliphatic heterocycles. The van der Waals surface area contributed by atoms with Gasteiger partial charge in [0, 0.05) is 6.54 Å². The van der Waals surface area contributed by atoms with Crippen LogP contribution in [0.5, 0.6) is 0 Å². The number of hydrogen-bond acceptors (Lipinski definition) is 4. The molecular formula is C18H20N4O3. The summed E-state index contributed by atoms with van der Waals surface area (Å²) in [6.45, 7) is 1.51. The van der Waals surface area contributed by atoms with Crippen molar-refractivity contribution in [3.63, 3.8) is 0 Å². The fourth-order valence-electron chi connectivity index (χ4n) is 3.38. The molecule has 7 nitrogen and oxygen atoms in total. The third kappa shape index (κ3) is 3.07. The summed E-state index contributed by atoms with van der Waals surface area (Å²) in [5.74, 6) is -0.900. The Labute approximate surface area is 146 Å². The maximum absolute atomic E-state index is 12.8. The van der Waals surface area contributed by atoms with Gasteiger partial charge in [-0.15, -0.1) is 0 Å². The van der Waals surface area contributed by atoms with Gasteiger partial charge in [0.2, 0.25) is 5.91 Å². The molecule has 4 amide bonds. The monoisotopic (exact) mass is 340 g/mol. The van der Waals surface area contributed by atoms with E-state index >= 15 is 0 Å². The lowest BCUT2D eigenvalue weighted by atomic mass is 9.89. The zero-order valence-electron chi connectivity index (χ0n) is 14.1. The third-order valence-electron chi connectivity index (χ3n) is 4.81. The molecule has 25 heavy (non-hydrogen) atoms. The van der Waals surface area contributed by atoms with Gasteiger partial charge in [0.15, 0.2) is 0 Å². The quantitative estimate of drug-likeness (QED) is 0.616. The first-order valence-corrected chi connectivity index (χ1v) is 8.36. The van der Waals surface area contributed by atoms with Crippen LogP contribution in [0.25, 0.3) is 0 Å². The van der Waals surface area contributed by atoms with Crippen molar-refractivity contribution in [2.24, 2.45) is 0 Å². The number of hydrogen-bond donors (Lipinski definition) is 2. The second-order valence-electron chi connectivity index (χ2n) is 6.54. The molecule has 0 bridgehead atoms. The number of nitriles is 1. The van der Waals surface area contributed by atoms with E-state index in [2.05, 4.69) is 10.6 Å². The van der Waals surface area contributed by atoms with Gasteiger partial charge in [-0.2, -0.15) is 5.26 Å². The molecule has 1 fully saturated rings. The Morgan fingerprint density at radius 1 is 1.36 bits per heavy atom. The summed E-state index contributed by atoms with van der Waals surface area (Å²) in [5, 5.41) is 13.7. The van der Waals surface area contributed by atoms with Gasteiger partial charge in [0.25, 0.3) is 5.91 Å². The van der Waals surface area contributed by atoms with Crippen molar-refractivity contribution in [2.45, 2.75) is 38.1 Å². The molecule has 1 aromatic carbocycles. The lowest BCUT2D eigenvalue weighted by Crippen LogP contribution is -2.43. The molecule has 0 saturated carbocycles. The Morgan fingerprint density at radius 3 is 2.88 bits per heavy atom. The maximum atomic E-state index is 12.8. The van der Waals surface area contributed by atoms with Crippen molar-refractivity contribution in [1.82, 2.24) is 15.5 Å². The number of fused-ring (bicyclic) bond motifs is 1. The number of urea groups is 1. The highest BCUT2D eigenvalue weighted by atomic mass is 16.2. The first-order chi connectivity index (χ1) is 12.0. The van der Waals surface area contributed by atoms with Crippen LogP contribution in [0.1, 0.15) is 36.5 Å². The molecule has 0 aromatic heterocycles. The number of benzene rings is 1. The van der Waals surface area contributed by atoms with Crippen LogP contribution in [0, 0.1) is 11.3 Å². The lowest BCUT2D eigenvalue weighted by Gasteiger charge is -2.23. The minimum Gasteiger partial charge on any atom is -0.354 e. The van der Waals surface area contributed by atoms with E-state index in [0.717, 1.165) is 29.7 Å². The summed E-state index contributed by atoms with van der Waals surface area (Å²) in [7, 11) is 0. The van der Waals surface area contributed by atoms with E-state index in [0.29, 0.717) is 0 Å². The van der Waals surface area contributed by atoms with E-state index in [1.54, 1.807) is 6.92 Å². The second kappa shape index (κ2) is 6.55. The molecule has 0 unspecified atom stereocenters. The van der Waals surface area contributed by atoms with Crippen LogP contribution in [0.2, 0.25) is 0 Å². The summed E-state index contributed by atoms with van der Waals surface area (Å²) in [6, 6.07) is 7.21. The van der Waals surface area contributed by atoms with Gasteiger partial charge in [-0.1, -0.05) is 18.2 Å². The van der Waals surface area contributed by atoms with Crippen molar-refractivity contribution in [2.75, 3.05) is 13.1 Å². The summed E-state index contributed by atoms with van der Waals surface area (Å²) < 4.78 is 0. The summed E-state index contributed by atoms with van der Waals surface area (Å²) in [5.41, 5.74) is 2.08. The molecule has 1 aromatic rings. The molecule has 0 radical (unpaired) electrons. The SMILES string of the molecule is C[C@]1(c2ccc3c(c2)CCC3)NC(=O)N(CC(=O)NCCC#N)C1=O. The number of nitrogens with one attached hydrogen (secondary N) is 2. The average molecular weight is 340 g/mol. The number of imide groups is 1. The predicted molar refractivity (Wildman–Crippen MR) is 89.3 cm³/mol. The molecule has 130 valence electrons. The molecule has 1 aliphatic carbocycles. The van der Waals surface area contributed by atoms with E-state index in [-0.39, 0.29) is 19.5 Å². The highest BCUT2D eigenvalue weighted by Crippen LogP contribution is 2.32. The number of carbonyl (C=O) groups is 3. The number of nitrogens with zero attached hydrogens (tertiary/aromatic N) is 2. The highest BCUT2D eigenvalue weighted by molar-refractivity contribution is 6.09. The standard InChI is InChI=1S/C18H20N4O3/c1-18(14-7-6-12-4-2-5-13(12)10-14)16(24)22(17(25)21-18)11-15(23)20-9-3-8-19/h6-7,10H,2-5,9,11H2,1H3,(H,20,23)(H,21,25)/t18-/m1/s1. The van der Waals surface area contributed by atoms with E-state index in [9.17, 15) is 14.4 Å². The molecule has 7 heteroatoms. The minimum atomic E-state index is -1.17. The van der Waals surface area contributed by atoms with E-state index < -0.39 is 23.4 Å². The van der Waals surface area contributed by atoms with Crippen LogP contribution in [-0.2, 0) is 28.0 Å². The van der Waals surface area contributed by atoms with Crippen molar-refractivity contribution < 1.29 is 14.4 Å². The van der Waals surface area contributed by atoms with E-state index in [1.165, 1.54) is 11.1 Å². The lowest BCUT2D eigenvalue weighted by molar-refractivity contribution is -0.134. The van der Waals surface area contributed by atoms with Crippen molar-refractivity contribution in [3.8, 4) is 6.07 Å². The third-order valence-corrected chi connectivity index (χ3v) is 4.81. The highest BCUT2D eigenvalue weighted by Gasteiger charge is 2.49. The van der Waals surface area contributed by atoms with Crippen LogP contribution < -0.4 is 10.6 Å². The van der Waals surface area contributed by atoms with Crippen molar-refractivity contribution in [3.05, 3.63) is 34.9 Å². The Bertz CT molecular complexity index is 783. The maximum Gasteiger partial charge on any atom is 0.325 e. The Morgan fingerprint density at radius 2 is 2.12 bits per heavy atom. The van der Waals surface area contributed by atoms with Crippen LogP contribution >= 0.6 is 0 Å². The average Bonchev–Trinajstić information content (AvgIpc) is 3.13.